The second-order valence-electron chi connectivity index (χ2n) is 6.24. The molecular weight excluding hydrogens is 377 g/mol. The summed E-state index contributed by atoms with van der Waals surface area (Å²) in [6.45, 7) is 0.0587. The van der Waals surface area contributed by atoms with Crippen molar-refractivity contribution in [1.29, 1.82) is 0 Å². The maximum atomic E-state index is 14.1. The molecule has 4 rings (SSSR count). The Morgan fingerprint density at radius 2 is 2.10 bits per heavy atom. The fourth-order valence-electron chi connectivity index (χ4n) is 2.72. The van der Waals surface area contributed by atoms with Crippen molar-refractivity contribution in [3.05, 3.63) is 60.6 Å². The maximum absolute atomic E-state index is 14.1. The van der Waals surface area contributed by atoms with Gasteiger partial charge in [-0.05, 0) is 17.2 Å². The molecule has 0 bridgehead atoms. The highest BCUT2D eigenvalue weighted by Gasteiger charge is 2.10. The van der Waals surface area contributed by atoms with E-state index in [1.54, 1.807) is 10.9 Å². The summed E-state index contributed by atoms with van der Waals surface area (Å²) in [5, 5.41) is 26.7. The number of aliphatic hydroxyl groups excluding tert-OH is 1. The number of aliphatic hydroxyl groups is 1. The fraction of sp³-hybridized carbons (Fsp3) is 0.167. The molecule has 0 spiro atoms. The van der Waals surface area contributed by atoms with Crippen LogP contribution in [0.2, 0.25) is 0 Å². The van der Waals surface area contributed by atoms with Gasteiger partial charge in [0.2, 0.25) is 11.9 Å². The van der Waals surface area contributed by atoms with Crippen LogP contribution in [0.4, 0.5) is 22.1 Å². The zero-order chi connectivity index (χ0) is 20.2. The molecule has 0 radical (unpaired) electrons. The molecule has 3 N–H and O–H groups in total. The molecule has 11 heteroatoms. The van der Waals surface area contributed by atoms with Gasteiger partial charge in [0.25, 0.3) is 0 Å². The van der Waals surface area contributed by atoms with E-state index < -0.39 is 5.82 Å². The van der Waals surface area contributed by atoms with Gasteiger partial charge in [-0.1, -0.05) is 18.2 Å². The van der Waals surface area contributed by atoms with E-state index in [1.807, 2.05) is 37.5 Å². The molecule has 0 aliphatic heterocycles. The van der Waals surface area contributed by atoms with Crippen LogP contribution in [0.3, 0.4) is 0 Å². The smallest absolute Gasteiger partial charge is 0.233 e. The molecule has 29 heavy (non-hydrogen) atoms. The highest BCUT2D eigenvalue weighted by Crippen LogP contribution is 2.21. The zero-order valence-corrected chi connectivity index (χ0v) is 15.5. The van der Waals surface area contributed by atoms with Crippen LogP contribution in [0.25, 0.3) is 11.1 Å². The van der Waals surface area contributed by atoms with E-state index in [1.165, 1.54) is 10.9 Å². The van der Waals surface area contributed by atoms with Gasteiger partial charge < -0.3 is 10.4 Å². The van der Waals surface area contributed by atoms with E-state index >= 15 is 0 Å². The quantitative estimate of drug-likeness (QED) is 0.434. The molecule has 1 aromatic carbocycles. The summed E-state index contributed by atoms with van der Waals surface area (Å²) in [6.07, 6.45) is 6.13. The van der Waals surface area contributed by atoms with Crippen molar-refractivity contribution in [3.8, 4) is 11.1 Å². The van der Waals surface area contributed by atoms with Crippen molar-refractivity contribution in [2.24, 2.45) is 7.05 Å². The minimum atomic E-state index is -0.581. The summed E-state index contributed by atoms with van der Waals surface area (Å²) >= 11 is 0. The number of benzene rings is 1. The second-order valence-corrected chi connectivity index (χ2v) is 6.24. The summed E-state index contributed by atoms with van der Waals surface area (Å²) < 4.78 is 17.2. The van der Waals surface area contributed by atoms with Gasteiger partial charge in [0.1, 0.15) is 13.1 Å². The third-order valence-electron chi connectivity index (χ3n) is 4.16. The largest absolute Gasteiger partial charge is 0.376 e. The van der Waals surface area contributed by atoms with Crippen LogP contribution in [0.1, 0.15) is 5.56 Å². The van der Waals surface area contributed by atoms with Crippen LogP contribution in [-0.4, -0.2) is 39.6 Å². The molecular formula is C18H18FN9O. The predicted octanol–water partition coefficient (Wildman–Crippen LogP) is 1.91. The topological polar surface area (TPSA) is 119 Å². The molecule has 10 nitrogen and oxygen atoms in total. The van der Waals surface area contributed by atoms with E-state index in [0.29, 0.717) is 6.54 Å². The van der Waals surface area contributed by atoms with Crippen molar-refractivity contribution < 1.29 is 9.50 Å². The van der Waals surface area contributed by atoms with Gasteiger partial charge in [0.15, 0.2) is 11.6 Å². The van der Waals surface area contributed by atoms with Crippen LogP contribution in [0, 0.1) is 5.82 Å². The molecule has 148 valence electrons. The van der Waals surface area contributed by atoms with Crippen molar-refractivity contribution in [2.45, 2.75) is 13.3 Å². The third-order valence-corrected chi connectivity index (χ3v) is 4.16. The summed E-state index contributed by atoms with van der Waals surface area (Å²) in [4.78, 5) is 8.03. The molecule has 0 unspecified atom stereocenters. The number of nitrogens with zero attached hydrogens (tertiary/aromatic N) is 7. The highest BCUT2D eigenvalue weighted by atomic mass is 19.1. The Labute approximate surface area is 165 Å². The summed E-state index contributed by atoms with van der Waals surface area (Å²) in [5.41, 5.74) is 2.98. The molecule has 0 saturated heterocycles. The molecule has 0 aliphatic carbocycles. The van der Waals surface area contributed by atoms with Crippen molar-refractivity contribution in [3.63, 3.8) is 0 Å². The summed E-state index contributed by atoms with van der Waals surface area (Å²) in [7, 11) is 1.86. The molecule has 3 heterocycles. The van der Waals surface area contributed by atoms with Crippen molar-refractivity contribution in [2.75, 3.05) is 10.6 Å². The Morgan fingerprint density at radius 1 is 1.21 bits per heavy atom. The Morgan fingerprint density at radius 3 is 2.90 bits per heavy atom. The average molecular weight is 395 g/mol. The monoisotopic (exact) mass is 395 g/mol. The Kier molecular flexibility index (Phi) is 5.12. The average Bonchev–Trinajstić information content (AvgIpc) is 3.37. The standard InChI is InChI=1S/C18H18FN9O/c1-27-9-14(7-23-27)13-4-2-3-12(5-13)6-20-16-15(19)8-21-17(24-16)25-18-26-22-10-28(18)11-29/h2-5,7-10,29H,6,11H2,1H3,(H2,20,21,24,25,26). The first kappa shape index (κ1) is 18.5. The molecule has 0 fully saturated rings. The van der Waals surface area contributed by atoms with Gasteiger partial charge in [0.05, 0.1) is 12.4 Å². The van der Waals surface area contributed by atoms with Crippen LogP contribution in [0.15, 0.2) is 49.2 Å². The molecule has 0 saturated carbocycles. The zero-order valence-electron chi connectivity index (χ0n) is 15.5. The molecule has 0 aliphatic rings. The van der Waals surface area contributed by atoms with Gasteiger partial charge in [-0.15, -0.1) is 10.2 Å². The van der Waals surface area contributed by atoms with E-state index in [0.717, 1.165) is 22.9 Å². The summed E-state index contributed by atoms with van der Waals surface area (Å²) in [5.74, 6) is -0.165. The molecule has 0 atom stereocenters. The lowest BCUT2D eigenvalue weighted by Gasteiger charge is -2.10. The van der Waals surface area contributed by atoms with Crippen LogP contribution in [0.5, 0.6) is 0 Å². The number of aromatic nitrogens is 7. The highest BCUT2D eigenvalue weighted by molar-refractivity contribution is 5.62. The van der Waals surface area contributed by atoms with Gasteiger partial charge >= 0.3 is 0 Å². The first-order valence-electron chi connectivity index (χ1n) is 8.72. The second kappa shape index (κ2) is 8.02. The van der Waals surface area contributed by atoms with E-state index in [9.17, 15) is 9.50 Å². The van der Waals surface area contributed by atoms with Crippen LogP contribution < -0.4 is 10.6 Å². The molecule has 3 aromatic heterocycles. The first-order valence-corrected chi connectivity index (χ1v) is 8.72. The van der Waals surface area contributed by atoms with E-state index in [4.69, 9.17) is 0 Å². The normalized spacial score (nSPS) is 10.9. The number of nitrogens with one attached hydrogen (secondary N) is 2. The van der Waals surface area contributed by atoms with Crippen molar-refractivity contribution in [1.82, 2.24) is 34.5 Å². The van der Waals surface area contributed by atoms with Gasteiger partial charge in [-0.3, -0.25) is 14.6 Å². The van der Waals surface area contributed by atoms with Crippen molar-refractivity contribution >= 4 is 17.7 Å². The Balaban J connectivity index is 1.48. The number of hydrogen-bond acceptors (Lipinski definition) is 8. The lowest BCUT2D eigenvalue weighted by molar-refractivity contribution is 0.212. The van der Waals surface area contributed by atoms with E-state index in [2.05, 4.69) is 35.9 Å². The fourth-order valence-corrected chi connectivity index (χ4v) is 2.72. The summed E-state index contributed by atoms with van der Waals surface area (Å²) in [6, 6.07) is 7.87. The number of halogens is 1. The van der Waals surface area contributed by atoms with Gasteiger partial charge in [-0.2, -0.15) is 10.1 Å². The Hall–Kier alpha value is -3.86. The van der Waals surface area contributed by atoms with E-state index in [-0.39, 0.29) is 24.4 Å². The van der Waals surface area contributed by atoms with Gasteiger partial charge in [0, 0.05) is 25.4 Å². The predicted molar refractivity (Wildman–Crippen MR) is 103 cm³/mol. The number of anilines is 3. The minimum Gasteiger partial charge on any atom is -0.376 e. The molecule has 0 amide bonds. The minimum absolute atomic E-state index is 0.0457. The van der Waals surface area contributed by atoms with Crippen LogP contribution >= 0.6 is 0 Å². The lowest BCUT2D eigenvalue weighted by atomic mass is 10.1. The first-order chi connectivity index (χ1) is 14.1. The number of aryl methyl sites for hydroxylation is 1. The molecule has 4 aromatic rings. The van der Waals surface area contributed by atoms with Gasteiger partial charge in [-0.25, -0.2) is 9.37 Å². The number of hydrogen-bond donors (Lipinski definition) is 3. The van der Waals surface area contributed by atoms with Crippen LogP contribution in [-0.2, 0) is 20.3 Å². The number of rotatable bonds is 7. The SMILES string of the molecule is Cn1cc(-c2cccc(CNc3nc(Nc4nncn4CO)ncc3F)c2)cn1. The lowest BCUT2D eigenvalue weighted by Crippen LogP contribution is -2.09. The maximum Gasteiger partial charge on any atom is 0.233 e. The third kappa shape index (κ3) is 4.19. The Bertz CT molecular complexity index is 1120.